The van der Waals surface area contributed by atoms with Gasteiger partial charge in [0.05, 0.1) is 17.6 Å². The Morgan fingerprint density at radius 2 is 2.25 bits per heavy atom. The standard InChI is InChI=1S/C15H18FN3S/c1-2-7-17-9-13-14(10-3-4-10)19-15(20-13)12-6-5-11(16)8-18-12/h5-6,8,10,17H,2-4,7,9H2,1H3. The fourth-order valence-electron chi connectivity index (χ4n) is 2.16. The number of rotatable bonds is 6. The molecule has 3 nitrogen and oxygen atoms in total. The maximum absolute atomic E-state index is 12.9. The van der Waals surface area contributed by atoms with E-state index in [1.54, 1.807) is 17.4 Å². The van der Waals surface area contributed by atoms with Crippen LogP contribution in [-0.4, -0.2) is 16.5 Å². The normalized spacial score (nSPS) is 14.7. The minimum Gasteiger partial charge on any atom is -0.312 e. The summed E-state index contributed by atoms with van der Waals surface area (Å²) in [5, 5.41) is 4.34. The molecule has 0 unspecified atom stereocenters. The average molecular weight is 291 g/mol. The summed E-state index contributed by atoms with van der Waals surface area (Å²) in [5.41, 5.74) is 1.99. The molecule has 20 heavy (non-hydrogen) atoms. The van der Waals surface area contributed by atoms with Crippen molar-refractivity contribution in [2.45, 2.75) is 38.6 Å². The summed E-state index contributed by atoms with van der Waals surface area (Å²) in [6.45, 7) is 4.06. The van der Waals surface area contributed by atoms with Crippen molar-refractivity contribution in [1.29, 1.82) is 0 Å². The lowest BCUT2D eigenvalue weighted by Crippen LogP contribution is -2.13. The molecule has 2 aromatic rings. The van der Waals surface area contributed by atoms with Gasteiger partial charge in [0.1, 0.15) is 10.8 Å². The molecule has 5 heteroatoms. The van der Waals surface area contributed by atoms with Crippen LogP contribution in [0.4, 0.5) is 4.39 Å². The van der Waals surface area contributed by atoms with Crippen LogP contribution in [0.1, 0.15) is 42.7 Å². The Labute approximate surface area is 122 Å². The van der Waals surface area contributed by atoms with Gasteiger partial charge in [0.2, 0.25) is 0 Å². The zero-order valence-electron chi connectivity index (χ0n) is 11.5. The molecule has 0 bridgehead atoms. The van der Waals surface area contributed by atoms with Gasteiger partial charge in [-0.2, -0.15) is 0 Å². The minimum atomic E-state index is -0.308. The first-order valence-corrected chi connectivity index (χ1v) is 7.92. The van der Waals surface area contributed by atoms with Crippen LogP contribution >= 0.6 is 11.3 Å². The molecule has 2 aromatic heterocycles. The molecule has 0 amide bonds. The highest BCUT2D eigenvalue weighted by Gasteiger charge is 2.29. The molecule has 1 aliphatic carbocycles. The lowest BCUT2D eigenvalue weighted by atomic mass is 10.2. The lowest BCUT2D eigenvalue weighted by molar-refractivity contribution is 0.622. The highest BCUT2D eigenvalue weighted by molar-refractivity contribution is 7.15. The van der Waals surface area contributed by atoms with Crippen LogP contribution in [0.15, 0.2) is 18.3 Å². The Morgan fingerprint density at radius 3 is 2.90 bits per heavy atom. The molecule has 0 saturated heterocycles. The third-order valence-corrected chi connectivity index (χ3v) is 4.44. The summed E-state index contributed by atoms with van der Waals surface area (Å²) >= 11 is 1.68. The highest BCUT2D eigenvalue weighted by atomic mass is 32.1. The molecule has 106 valence electrons. The monoisotopic (exact) mass is 291 g/mol. The summed E-state index contributed by atoms with van der Waals surface area (Å²) in [7, 11) is 0. The van der Waals surface area contributed by atoms with Crippen molar-refractivity contribution in [3.63, 3.8) is 0 Å². The van der Waals surface area contributed by atoms with E-state index in [0.717, 1.165) is 30.2 Å². The highest BCUT2D eigenvalue weighted by Crippen LogP contribution is 2.44. The average Bonchev–Trinajstić information content (AvgIpc) is 3.21. The van der Waals surface area contributed by atoms with Crippen molar-refractivity contribution in [3.8, 4) is 10.7 Å². The number of halogens is 1. The van der Waals surface area contributed by atoms with Gasteiger partial charge in [-0.3, -0.25) is 4.98 Å². The van der Waals surface area contributed by atoms with Gasteiger partial charge in [-0.15, -0.1) is 11.3 Å². The summed E-state index contributed by atoms with van der Waals surface area (Å²) < 4.78 is 12.9. The van der Waals surface area contributed by atoms with Crippen LogP contribution in [0.25, 0.3) is 10.7 Å². The molecule has 1 fully saturated rings. The van der Waals surface area contributed by atoms with Gasteiger partial charge in [-0.05, 0) is 37.9 Å². The van der Waals surface area contributed by atoms with Crippen molar-refractivity contribution in [2.24, 2.45) is 0 Å². The SMILES string of the molecule is CCCNCc1sc(-c2ccc(F)cn2)nc1C1CC1. The largest absolute Gasteiger partial charge is 0.312 e. The van der Waals surface area contributed by atoms with Gasteiger partial charge >= 0.3 is 0 Å². The van der Waals surface area contributed by atoms with Crippen LogP contribution in [0.2, 0.25) is 0 Å². The Hall–Kier alpha value is -1.33. The van der Waals surface area contributed by atoms with Gasteiger partial charge in [0.15, 0.2) is 0 Å². The summed E-state index contributed by atoms with van der Waals surface area (Å²) in [5.74, 6) is 0.316. The summed E-state index contributed by atoms with van der Waals surface area (Å²) in [6.07, 6.45) is 4.86. The maximum Gasteiger partial charge on any atom is 0.142 e. The van der Waals surface area contributed by atoms with E-state index in [1.807, 2.05) is 0 Å². The van der Waals surface area contributed by atoms with E-state index in [1.165, 1.54) is 35.7 Å². The first-order chi connectivity index (χ1) is 9.78. The second kappa shape index (κ2) is 5.97. The smallest absolute Gasteiger partial charge is 0.142 e. The predicted molar refractivity (Wildman–Crippen MR) is 79.3 cm³/mol. The Bertz CT molecular complexity index is 575. The zero-order chi connectivity index (χ0) is 13.9. The number of aromatic nitrogens is 2. The third-order valence-electron chi connectivity index (χ3n) is 3.35. The number of nitrogens with one attached hydrogen (secondary N) is 1. The fourth-order valence-corrected chi connectivity index (χ4v) is 3.25. The lowest BCUT2D eigenvalue weighted by Gasteiger charge is -2.01. The van der Waals surface area contributed by atoms with Crippen molar-refractivity contribution >= 4 is 11.3 Å². The number of nitrogens with zero attached hydrogens (tertiary/aromatic N) is 2. The molecule has 0 aliphatic heterocycles. The van der Waals surface area contributed by atoms with E-state index < -0.39 is 0 Å². The van der Waals surface area contributed by atoms with Crippen LogP contribution in [0, 0.1) is 5.82 Å². The maximum atomic E-state index is 12.9. The van der Waals surface area contributed by atoms with Gasteiger partial charge in [0, 0.05) is 17.3 Å². The Morgan fingerprint density at radius 1 is 1.40 bits per heavy atom. The van der Waals surface area contributed by atoms with E-state index in [9.17, 15) is 4.39 Å². The quantitative estimate of drug-likeness (QED) is 0.824. The van der Waals surface area contributed by atoms with Crippen LogP contribution in [0.5, 0.6) is 0 Å². The van der Waals surface area contributed by atoms with E-state index in [0.29, 0.717) is 5.92 Å². The van der Waals surface area contributed by atoms with Crippen LogP contribution in [0.3, 0.4) is 0 Å². The first-order valence-electron chi connectivity index (χ1n) is 7.10. The van der Waals surface area contributed by atoms with Crippen LogP contribution < -0.4 is 5.32 Å². The molecule has 3 rings (SSSR count). The minimum absolute atomic E-state index is 0.308. The number of pyridine rings is 1. The third kappa shape index (κ3) is 3.04. The van der Waals surface area contributed by atoms with Crippen molar-refractivity contribution < 1.29 is 4.39 Å². The molecule has 0 radical (unpaired) electrons. The summed E-state index contributed by atoms with van der Waals surface area (Å²) in [4.78, 5) is 10.2. The van der Waals surface area contributed by atoms with Gasteiger partial charge < -0.3 is 5.32 Å². The molecule has 0 aromatic carbocycles. The molecule has 1 saturated carbocycles. The molecule has 0 atom stereocenters. The van der Waals surface area contributed by atoms with E-state index >= 15 is 0 Å². The Balaban J connectivity index is 1.84. The van der Waals surface area contributed by atoms with E-state index in [-0.39, 0.29) is 5.82 Å². The van der Waals surface area contributed by atoms with E-state index in [4.69, 9.17) is 4.98 Å². The second-order valence-electron chi connectivity index (χ2n) is 5.14. The second-order valence-corrected chi connectivity index (χ2v) is 6.22. The van der Waals surface area contributed by atoms with Crippen molar-refractivity contribution in [3.05, 3.63) is 34.7 Å². The molecule has 1 N–H and O–H groups in total. The topological polar surface area (TPSA) is 37.8 Å². The van der Waals surface area contributed by atoms with Gasteiger partial charge in [-0.1, -0.05) is 6.92 Å². The molecule has 0 spiro atoms. The Kier molecular flexibility index (Phi) is 4.08. The van der Waals surface area contributed by atoms with Crippen molar-refractivity contribution in [1.82, 2.24) is 15.3 Å². The fraction of sp³-hybridized carbons (Fsp3) is 0.467. The summed E-state index contributed by atoms with van der Waals surface area (Å²) in [6, 6.07) is 3.14. The molecular weight excluding hydrogens is 273 g/mol. The predicted octanol–water partition coefficient (Wildman–Crippen LogP) is 3.72. The molecular formula is C15H18FN3S. The molecule has 1 aliphatic rings. The number of hydrogen-bond donors (Lipinski definition) is 1. The molecule has 2 heterocycles. The van der Waals surface area contributed by atoms with E-state index in [2.05, 4.69) is 17.2 Å². The van der Waals surface area contributed by atoms with Gasteiger partial charge in [-0.25, -0.2) is 9.37 Å². The first kappa shape index (κ1) is 13.6. The number of thiazole rings is 1. The zero-order valence-corrected chi connectivity index (χ0v) is 12.3. The van der Waals surface area contributed by atoms with Crippen LogP contribution in [-0.2, 0) is 6.54 Å². The number of hydrogen-bond acceptors (Lipinski definition) is 4. The van der Waals surface area contributed by atoms with Crippen molar-refractivity contribution in [2.75, 3.05) is 6.54 Å². The van der Waals surface area contributed by atoms with Gasteiger partial charge in [0.25, 0.3) is 0 Å².